The lowest BCUT2D eigenvalue weighted by Gasteiger charge is -2.21. The summed E-state index contributed by atoms with van der Waals surface area (Å²) in [6, 6.07) is 12.9. The summed E-state index contributed by atoms with van der Waals surface area (Å²) in [5.74, 6) is 0. The summed E-state index contributed by atoms with van der Waals surface area (Å²) < 4.78 is 14.4. The molecule has 3 aromatic rings. The molecule has 0 aromatic heterocycles. The Bertz CT molecular complexity index is 1220. The highest BCUT2D eigenvalue weighted by atomic mass is 35.5. The van der Waals surface area contributed by atoms with Gasteiger partial charge in [0.2, 0.25) is 18.2 Å². The molecule has 0 radical (unpaired) electrons. The van der Waals surface area contributed by atoms with Crippen LogP contribution in [0.4, 0.5) is 0 Å². The van der Waals surface area contributed by atoms with Gasteiger partial charge in [-0.2, -0.15) is 0 Å². The Morgan fingerprint density at radius 3 is 1.52 bits per heavy atom. The molecule has 160 valence electrons. The molecule has 1 unspecified atom stereocenters. The van der Waals surface area contributed by atoms with Crippen molar-refractivity contribution in [3.8, 4) is 0 Å². The maximum atomic E-state index is 14.4. The topological polar surface area (TPSA) is 51.2 Å². The number of halogens is 5. The van der Waals surface area contributed by atoms with Gasteiger partial charge in [0.25, 0.3) is 0 Å². The molecule has 3 aromatic carbocycles. The Morgan fingerprint density at radius 2 is 1.03 bits per heavy atom. The molecule has 0 fully saturated rings. The summed E-state index contributed by atoms with van der Waals surface area (Å²) >= 11 is 30.8. The fourth-order valence-corrected chi connectivity index (χ4v) is 7.12. The van der Waals surface area contributed by atoms with Crippen molar-refractivity contribution in [3.05, 3.63) is 95.9 Å². The van der Waals surface area contributed by atoms with Crippen LogP contribution in [0.25, 0.3) is 0 Å². The smallest absolute Gasteiger partial charge is 0.248 e. The zero-order valence-corrected chi connectivity index (χ0v) is 20.9. The molecule has 0 amide bonds. The summed E-state index contributed by atoms with van der Waals surface area (Å²) in [6.45, 7) is 3.41. The van der Waals surface area contributed by atoms with E-state index in [9.17, 15) is 14.2 Å². The molecule has 0 bridgehead atoms. The van der Waals surface area contributed by atoms with E-state index >= 15 is 0 Å². The third kappa shape index (κ3) is 4.09. The van der Waals surface area contributed by atoms with E-state index in [-0.39, 0.29) is 36.0 Å². The van der Waals surface area contributed by atoms with E-state index in [0.717, 1.165) is 0 Å². The summed E-state index contributed by atoms with van der Waals surface area (Å²) in [5, 5.41) is -1.19. The number of hydrogen-bond donors (Lipinski definition) is 0. The predicted molar refractivity (Wildman–Crippen MR) is 130 cm³/mol. The Balaban J connectivity index is 2.37. The van der Waals surface area contributed by atoms with Gasteiger partial charge in [-0.1, -0.05) is 107 Å². The Hall–Kier alpha value is -1.32. The van der Waals surface area contributed by atoms with Crippen molar-refractivity contribution in [1.29, 1.82) is 0 Å². The molecule has 9 heteroatoms. The molecule has 3 rings (SSSR count). The third-order valence-corrected chi connectivity index (χ3v) is 9.70. The van der Waals surface area contributed by atoms with Crippen LogP contribution in [0.15, 0.2) is 48.5 Å². The molecule has 0 spiro atoms. The number of benzene rings is 3. The molecule has 0 aliphatic rings. The molecule has 0 aliphatic carbocycles. The molecule has 0 aliphatic heterocycles. The van der Waals surface area contributed by atoms with Gasteiger partial charge in [0, 0.05) is 10.9 Å². The van der Waals surface area contributed by atoms with Crippen LogP contribution in [0.3, 0.4) is 0 Å². The Morgan fingerprint density at radius 1 is 0.613 bits per heavy atom. The molecule has 1 atom stereocenters. The van der Waals surface area contributed by atoms with Crippen molar-refractivity contribution < 1.29 is 14.2 Å². The number of aryl methyl sites for hydroxylation is 2. The van der Waals surface area contributed by atoms with E-state index in [2.05, 4.69) is 0 Å². The Labute approximate surface area is 204 Å². The van der Waals surface area contributed by atoms with Crippen LogP contribution >= 0.6 is 65.1 Å². The highest BCUT2D eigenvalue weighted by Crippen LogP contribution is 2.55. The number of carbonyl (C=O) groups is 2. The zero-order chi connectivity index (χ0) is 23.1. The second-order valence-corrected chi connectivity index (χ2v) is 11.2. The van der Waals surface area contributed by atoms with E-state index in [1.165, 1.54) is 12.1 Å². The first-order valence-corrected chi connectivity index (χ1v) is 12.5. The minimum absolute atomic E-state index is 0.0435. The van der Waals surface area contributed by atoms with Crippen molar-refractivity contribution in [2.45, 2.75) is 13.8 Å². The maximum Gasteiger partial charge on any atom is 0.248 e. The van der Waals surface area contributed by atoms with Gasteiger partial charge in [-0.05, 0) is 25.0 Å². The van der Waals surface area contributed by atoms with Crippen molar-refractivity contribution >= 4 is 81.5 Å². The highest BCUT2D eigenvalue weighted by Gasteiger charge is 2.45. The molecular formula is C22H14Cl5O3P. The lowest BCUT2D eigenvalue weighted by Crippen LogP contribution is -2.22. The van der Waals surface area contributed by atoms with Crippen molar-refractivity contribution in [2.24, 2.45) is 0 Å². The van der Waals surface area contributed by atoms with E-state index in [1.54, 1.807) is 50.2 Å². The summed E-state index contributed by atoms with van der Waals surface area (Å²) in [4.78, 5) is 27.5. The van der Waals surface area contributed by atoms with Crippen LogP contribution in [0.5, 0.6) is 0 Å². The molecule has 0 saturated carbocycles. The third-order valence-electron chi connectivity index (χ3n) is 4.81. The lowest BCUT2D eigenvalue weighted by atomic mass is 10.0. The molecular weight excluding hydrogens is 520 g/mol. The SMILES string of the molecule is Cc1cccc(C)c1C(=O)P(=O)(C(=O)c1c(Cl)c(Cl)c(Cl)c(Cl)c1Cl)c1ccccc1. The molecule has 0 saturated heterocycles. The van der Waals surface area contributed by atoms with Crippen molar-refractivity contribution in [3.63, 3.8) is 0 Å². The van der Waals surface area contributed by atoms with Gasteiger partial charge in [-0.25, -0.2) is 0 Å². The zero-order valence-electron chi connectivity index (χ0n) is 16.2. The minimum atomic E-state index is -4.47. The number of rotatable bonds is 5. The second kappa shape index (κ2) is 9.27. The van der Waals surface area contributed by atoms with Crippen LogP contribution in [-0.4, -0.2) is 11.0 Å². The number of hydrogen-bond acceptors (Lipinski definition) is 3. The van der Waals surface area contributed by atoms with Gasteiger partial charge < -0.3 is 4.57 Å². The van der Waals surface area contributed by atoms with Crippen molar-refractivity contribution in [2.75, 3.05) is 0 Å². The maximum absolute atomic E-state index is 14.4. The van der Waals surface area contributed by atoms with E-state index in [0.29, 0.717) is 11.1 Å². The van der Waals surface area contributed by atoms with Gasteiger partial charge in [0.05, 0.1) is 30.7 Å². The highest BCUT2D eigenvalue weighted by molar-refractivity contribution is 8.01. The molecule has 0 heterocycles. The first-order chi connectivity index (χ1) is 14.5. The second-order valence-electron chi connectivity index (χ2n) is 6.77. The first kappa shape index (κ1) is 24.3. The molecule has 31 heavy (non-hydrogen) atoms. The standard InChI is InChI=1S/C22H14Cl5O3P/c1-11-7-6-8-12(2)14(11)21(28)31(30,13-9-4-3-5-10-13)22(29)15-16(23)18(25)20(27)19(26)17(15)24/h3-10H,1-2H3. The summed E-state index contributed by atoms with van der Waals surface area (Å²) in [5.41, 5.74) is -0.942. The van der Waals surface area contributed by atoms with Crippen LogP contribution in [0.1, 0.15) is 31.8 Å². The van der Waals surface area contributed by atoms with Gasteiger partial charge in [0.15, 0.2) is 0 Å². The van der Waals surface area contributed by atoms with E-state index in [1.807, 2.05) is 0 Å². The Kier molecular flexibility index (Phi) is 7.28. The van der Waals surface area contributed by atoms with Crippen LogP contribution in [0, 0.1) is 13.8 Å². The average Bonchev–Trinajstić information content (AvgIpc) is 2.76. The normalized spacial score (nSPS) is 13.0. The van der Waals surface area contributed by atoms with Gasteiger partial charge in [0.1, 0.15) is 0 Å². The summed E-state index contributed by atoms with van der Waals surface area (Å²) in [7, 11) is -4.47. The van der Waals surface area contributed by atoms with Crippen LogP contribution < -0.4 is 5.30 Å². The van der Waals surface area contributed by atoms with Gasteiger partial charge >= 0.3 is 0 Å². The van der Waals surface area contributed by atoms with Crippen LogP contribution in [0.2, 0.25) is 25.1 Å². The quantitative estimate of drug-likeness (QED) is 0.188. The fraction of sp³-hybridized carbons (Fsp3) is 0.0909. The molecule has 0 N–H and O–H groups in total. The van der Waals surface area contributed by atoms with Crippen LogP contribution in [-0.2, 0) is 4.57 Å². The van der Waals surface area contributed by atoms with E-state index in [4.69, 9.17) is 58.0 Å². The largest absolute Gasteiger partial charge is 0.302 e. The average molecular weight is 535 g/mol. The predicted octanol–water partition coefficient (Wildman–Crippen LogP) is 8.24. The van der Waals surface area contributed by atoms with Crippen molar-refractivity contribution in [1.82, 2.24) is 0 Å². The van der Waals surface area contributed by atoms with E-state index < -0.39 is 23.8 Å². The number of carbonyl (C=O) groups excluding carboxylic acids is 2. The van der Waals surface area contributed by atoms with Gasteiger partial charge in [-0.3, -0.25) is 9.59 Å². The lowest BCUT2D eigenvalue weighted by molar-refractivity contribution is 0.104. The van der Waals surface area contributed by atoms with Gasteiger partial charge in [-0.15, -0.1) is 0 Å². The monoisotopic (exact) mass is 532 g/mol. The summed E-state index contributed by atoms with van der Waals surface area (Å²) in [6.07, 6.45) is 0. The minimum Gasteiger partial charge on any atom is -0.302 e. The molecule has 3 nitrogen and oxygen atoms in total. The first-order valence-electron chi connectivity index (χ1n) is 8.86. The fourth-order valence-electron chi connectivity index (χ4n) is 3.22.